The van der Waals surface area contributed by atoms with E-state index in [4.69, 9.17) is 5.11 Å². The second-order valence-corrected chi connectivity index (χ2v) is 4.31. The predicted octanol–water partition coefficient (Wildman–Crippen LogP) is 0.838. The fourth-order valence-electron chi connectivity index (χ4n) is 1.24. The molecular weight excluding hydrogens is 222 g/mol. The van der Waals surface area contributed by atoms with E-state index in [-0.39, 0.29) is 5.91 Å². The first-order chi connectivity index (χ1) is 7.80. The van der Waals surface area contributed by atoms with Crippen LogP contribution in [0.15, 0.2) is 12.4 Å². The highest BCUT2D eigenvalue weighted by atomic mass is 16.4. The Balaban J connectivity index is 2.94. The lowest BCUT2D eigenvalue weighted by atomic mass is 10.0. The zero-order valence-electron chi connectivity index (χ0n) is 10.5. The van der Waals surface area contributed by atoms with Gasteiger partial charge in [-0.3, -0.25) is 9.48 Å². The second-order valence-electron chi connectivity index (χ2n) is 4.31. The summed E-state index contributed by atoms with van der Waals surface area (Å²) in [6.07, 6.45) is 3.05. The number of aromatic nitrogens is 2. The van der Waals surface area contributed by atoms with Gasteiger partial charge in [0.2, 0.25) is 0 Å². The molecule has 1 aromatic heterocycles. The van der Waals surface area contributed by atoms with Crippen LogP contribution < -0.4 is 0 Å². The lowest BCUT2D eigenvalue weighted by Crippen LogP contribution is -2.50. The minimum Gasteiger partial charge on any atom is -0.480 e. The highest BCUT2D eigenvalue weighted by Gasteiger charge is 2.35. The summed E-state index contributed by atoms with van der Waals surface area (Å²) in [6.45, 7) is 5.54. The molecule has 1 rings (SSSR count). The molecule has 0 unspecified atom stereocenters. The van der Waals surface area contributed by atoms with Crippen molar-refractivity contribution in [2.24, 2.45) is 0 Å². The topological polar surface area (TPSA) is 75.4 Å². The lowest BCUT2D eigenvalue weighted by Gasteiger charge is -2.31. The normalized spacial score (nSPS) is 11.3. The highest BCUT2D eigenvalue weighted by molar-refractivity contribution is 5.97. The van der Waals surface area contributed by atoms with Crippen LogP contribution in [0.1, 0.15) is 31.1 Å². The van der Waals surface area contributed by atoms with Gasteiger partial charge in [0.25, 0.3) is 5.91 Å². The fraction of sp³-hybridized carbons (Fsp3) is 0.545. The molecule has 94 valence electrons. The van der Waals surface area contributed by atoms with Crippen LogP contribution in [0.25, 0.3) is 0 Å². The average molecular weight is 239 g/mol. The van der Waals surface area contributed by atoms with Gasteiger partial charge in [-0.25, -0.2) is 4.79 Å². The number of aryl methyl sites for hydroxylation is 1. The summed E-state index contributed by atoms with van der Waals surface area (Å²) >= 11 is 0. The van der Waals surface area contributed by atoms with Crippen molar-refractivity contribution >= 4 is 11.9 Å². The van der Waals surface area contributed by atoms with E-state index in [0.29, 0.717) is 12.1 Å². The molecule has 0 spiro atoms. The first-order valence-corrected chi connectivity index (χ1v) is 5.34. The maximum Gasteiger partial charge on any atom is 0.329 e. The minimum absolute atomic E-state index is 0.350. The zero-order chi connectivity index (χ0) is 13.2. The van der Waals surface area contributed by atoms with Crippen molar-refractivity contribution in [2.45, 2.75) is 32.9 Å². The molecule has 0 bridgehead atoms. The number of hydrogen-bond donors (Lipinski definition) is 1. The van der Waals surface area contributed by atoms with Crippen LogP contribution >= 0.6 is 0 Å². The van der Waals surface area contributed by atoms with Crippen LogP contribution in [-0.2, 0) is 11.3 Å². The largest absolute Gasteiger partial charge is 0.480 e. The molecule has 6 nitrogen and oxygen atoms in total. The molecular formula is C11H17N3O3. The summed E-state index contributed by atoms with van der Waals surface area (Å²) in [4.78, 5) is 24.3. The number of carboxylic acid groups (broad SMARTS) is 1. The van der Waals surface area contributed by atoms with Gasteiger partial charge in [0, 0.05) is 19.8 Å². The summed E-state index contributed by atoms with van der Waals surface area (Å²) in [6, 6.07) is 0. The van der Waals surface area contributed by atoms with Crippen molar-refractivity contribution in [1.29, 1.82) is 0 Å². The summed E-state index contributed by atoms with van der Waals surface area (Å²) < 4.78 is 1.62. The van der Waals surface area contributed by atoms with Crippen LogP contribution in [0.4, 0.5) is 0 Å². The van der Waals surface area contributed by atoms with Crippen LogP contribution in [0.2, 0.25) is 0 Å². The number of carbonyl (C=O) groups is 2. The number of rotatable bonds is 4. The maximum atomic E-state index is 12.0. The molecule has 0 aliphatic heterocycles. The van der Waals surface area contributed by atoms with Crippen molar-refractivity contribution in [1.82, 2.24) is 14.7 Å². The molecule has 0 aliphatic rings. The van der Waals surface area contributed by atoms with Gasteiger partial charge < -0.3 is 10.0 Å². The third kappa shape index (κ3) is 2.46. The van der Waals surface area contributed by atoms with Gasteiger partial charge in [0.05, 0.1) is 11.8 Å². The number of amides is 1. The lowest BCUT2D eigenvalue weighted by molar-refractivity contribution is -0.147. The van der Waals surface area contributed by atoms with Gasteiger partial charge in [0.15, 0.2) is 0 Å². The van der Waals surface area contributed by atoms with E-state index in [1.807, 2.05) is 6.92 Å². The average Bonchev–Trinajstić information content (AvgIpc) is 2.75. The second kappa shape index (κ2) is 4.57. The molecule has 0 saturated carbocycles. The van der Waals surface area contributed by atoms with Gasteiger partial charge in [-0.2, -0.15) is 5.10 Å². The van der Waals surface area contributed by atoms with Crippen molar-refractivity contribution in [3.05, 3.63) is 18.0 Å². The minimum atomic E-state index is -1.24. The van der Waals surface area contributed by atoms with E-state index in [1.165, 1.54) is 32.0 Å². The molecule has 0 aromatic carbocycles. The number of carbonyl (C=O) groups excluding carboxylic acids is 1. The van der Waals surface area contributed by atoms with Gasteiger partial charge in [-0.1, -0.05) is 0 Å². The van der Waals surface area contributed by atoms with Crippen molar-refractivity contribution in [3.63, 3.8) is 0 Å². The van der Waals surface area contributed by atoms with E-state index in [2.05, 4.69) is 5.10 Å². The number of aliphatic carboxylic acids is 1. The van der Waals surface area contributed by atoms with Crippen LogP contribution in [0.3, 0.4) is 0 Å². The molecule has 1 heterocycles. The fourth-order valence-corrected chi connectivity index (χ4v) is 1.24. The van der Waals surface area contributed by atoms with Gasteiger partial charge in [0.1, 0.15) is 5.54 Å². The Morgan fingerprint density at radius 3 is 2.53 bits per heavy atom. The van der Waals surface area contributed by atoms with E-state index in [1.54, 1.807) is 10.9 Å². The number of likely N-dealkylation sites (N-methyl/N-ethyl adjacent to an activating group) is 1. The Labute approximate surface area is 99.8 Å². The molecule has 0 atom stereocenters. The SMILES string of the molecule is CCn1cc(C(=O)N(C)C(C)(C)C(=O)O)cn1. The molecule has 0 fully saturated rings. The Kier molecular flexibility index (Phi) is 3.55. The molecule has 0 saturated heterocycles. The van der Waals surface area contributed by atoms with E-state index < -0.39 is 11.5 Å². The molecule has 17 heavy (non-hydrogen) atoms. The van der Waals surface area contributed by atoms with E-state index in [9.17, 15) is 9.59 Å². The smallest absolute Gasteiger partial charge is 0.329 e. The quantitative estimate of drug-likeness (QED) is 0.844. The van der Waals surface area contributed by atoms with E-state index in [0.717, 1.165) is 0 Å². The molecule has 1 N–H and O–H groups in total. The molecule has 1 amide bonds. The van der Waals surface area contributed by atoms with Gasteiger partial charge in [-0.15, -0.1) is 0 Å². The van der Waals surface area contributed by atoms with Crippen molar-refractivity contribution in [3.8, 4) is 0 Å². The monoisotopic (exact) mass is 239 g/mol. The Hall–Kier alpha value is -1.85. The third-order valence-electron chi connectivity index (χ3n) is 2.87. The first-order valence-electron chi connectivity index (χ1n) is 5.34. The highest BCUT2D eigenvalue weighted by Crippen LogP contribution is 2.15. The number of carboxylic acids is 1. The maximum absolute atomic E-state index is 12.0. The van der Waals surface area contributed by atoms with Crippen LogP contribution in [0.5, 0.6) is 0 Å². The molecule has 0 aliphatic carbocycles. The summed E-state index contributed by atoms with van der Waals surface area (Å²) in [7, 11) is 1.47. The zero-order valence-corrected chi connectivity index (χ0v) is 10.5. The Morgan fingerprint density at radius 1 is 1.53 bits per heavy atom. The molecule has 1 aromatic rings. The summed E-state index contributed by atoms with van der Waals surface area (Å²) in [5.74, 6) is -1.40. The predicted molar refractivity (Wildman–Crippen MR) is 61.7 cm³/mol. The number of hydrogen-bond acceptors (Lipinski definition) is 3. The molecule has 0 radical (unpaired) electrons. The Morgan fingerprint density at radius 2 is 2.12 bits per heavy atom. The van der Waals surface area contributed by atoms with Crippen molar-refractivity contribution < 1.29 is 14.7 Å². The number of nitrogens with zero attached hydrogens (tertiary/aromatic N) is 3. The van der Waals surface area contributed by atoms with Gasteiger partial charge >= 0.3 is 5.97 Å². The standard InChI is InChI=1S/C11H17N3O3/c1-5-14-7-8(6-12-14)9(15)13(4)11(2,3)10(16)17/h6-7H,5H2,1-4H3,(H,16,17). The van der Waals surface area contributed by atoms with E-state index >= 15 is 0 Å². The van der Waals surface area contributed by atoms with Crippen LogP contribution in [0, 0.1) is 0 Å². The molecule has 6 heteroatoms. The Bertz CT molecular complexity index is 437. The third-order valence-corrected chi connectivity index (χ3v) is 2.87. The van der Waals surface area contributed by atoms with Crippen LogP contribution in [-0.4, -0.2) is 44.3 Å². The summed E-state index contributed by atoms with van der Waals surface area (Å²) in [5.41, 5.74) is -0.852. The first kappa shape index (κ1) is 13.2. The summed E-state index contributed by atoms with van der Waals surface area (Å²) in [5, 5.41) is 13.0. The van der Waals surface area contributed by atoms with Gasteiger partial charge in [-0.05, 0) is 20.8 Å². The van der Waals surface area contributed by atoms with Crippen molar-refractivity contribution in [2.75, 3.05) is 7.05 Å².